The fourth-order valence-electron chi connectivity index (χ4n) is 10.9. The van der Waals surface area contributed by atoms with Gasteiger partial charge >= 0.3 is 6.09 Å². The number of nitrogens with zero attached hydrogens (tertiary/aromatic N) is 4. The molecule has 2 aliphatic heterocycles. The van der Waals surface area contributed by atoms with Crippen molar-refractivity contribution < 1.29 is 23.9 Å². The average molecular weight is 859 g/mol. The number of H-pyrrole nitrogens is 2. The predicted octanol–water partition coefficient (Wildman–Crippen LogP) is 9.11. The van der Waals surface area contributed by atoms with Crippen molar-refractivity contribution in [1.29, 1.82) is 0 Å². The summed E-state index contributed by atoms with van der Waals surface area (Å²) in [5, 5.41) is 5.96. The predicted molar refractivity (Wildman–Crippen MR) is 244 cm³/mol. The number of hydrogen-bond acceptors (Lipinski definition) is 8. The van der Waals surface area contributed by atoms with Crippen LogP contribution in [0.15, 0.2) is 61.3 Å². The summed E-state index contributed by atoms with van der Waals surface area (Å²) < 4.78 is 10.1. The highest BCUT2D eigenvalue weighted by Crippen LogP contribution is 2.55. The van der Waals surface area contributed by atoms with Crippen molar-refractivity contribution in [1.82, 2.24) is 40.4 Å². The normalized spacial score (nSPS) is 20.4. The molecular formula is C50H66N8O5. The molecular weight excluding hydrogens is 793 g/mol. The number of piperidine rings is 2. The molecule has 4 aliphatic rings. The Morgan fingerprint density at radius 3 is 1.81 bits per heavy atom. The van der Waals surface area contributed by atoms with E-state index in [4.69, 9.17) is 19.4 Å². The van der Waals surface area contributed by atoms with Gasteiger partial charge < -0.3 is 39.9 Å². The molecule has 63 heavy (non-hydrogen) atoms. The third kappa shape index (κ3) is 8.72. The van der Waals surface area contributed by atoms with Crippen LogP contribution in [0.3, 0.4) is 0 Å². The number of fused-ring (bicyclic) bond motifs is 2. The highest BCUT2D eigenvalue weighted by molar-refractivity contribution is 5.86. The van der Waals surface area contributed by atoms with Crippen LogP contribution in [0.2, 0.25) is 0 Å². The molecule has 1 saturated carbocycles. The average Bonchev–Trinajstić information content (AvgIpc) is 4.15. The Hall–Kier alpha value is -5.59. The Bertz CT molecular complexity index is 2290. The molecule has 13 heteroatoms. The van der Waals surface area contributed by atoms with Gasteiger partial charge in [0.05, 0.1) is 50.1 Å². The van der Waals surface area contributed by atoms with E-state index < -0.39 is 18.2 Å². The van der Waals surface area contributed by atoms with E-state index in [2.05, 4.69) is 63.6 Å². The van der Waals surface area contributed by atoms with Gasteiger partial charge in [0.2, 0.25) is 11.8 Å². The van der Waals surface area contributed by atoms with E-state index in [1.807, 2.05) is 49.9 Å². The number of aromatic amines is 2. The smallest absolute Gasteiger partial charge is 0.407 e. The molecule has 2 aromatic heterocycles. The van der Waals surface area contributed by atoms with Crippen LogP contribution in [0, 0.1) is 11.8 Å². The van der Waals surface area contributed by atoms with E-state index >= 15 is 0 Å². The second-order valence-corrected chi connectivity index (χ2v) is 18.9. The first-order valence-corrected chi connectivity index (χ1v) is 23.2. The molecule has 2 saturated heterocycles. The molecule has 0 radical (unpaired) electrons. The number of alkyl carbamates (subject to hydrolysis) is 1. The highest BCUT2D eigenvalue weighted by atomic mass is 16.5. The third-order valence-electron chi connectivity index (χ3n) is 14.3. The van der Waals surface area contributed by atoms with Crippen LogP contribution in [0.5, 0.6) is 0 Å². The molecule has 0 bridgehead atoms. The first kappa shape index (κ1) is 44.0. The van der Waals surface area contributed by atoms with Crippen LogP contribution in [0.25, 0.3) is 33.6 Å². The molecule has 13 nitrogen and oxygen atoms in total. The lowest BCUT2D eigenvalue weighted by molar-refractivity contribution is -0.139. The lowest BCUT2D eigenvalue weighted by atomic mass is 9.76. The summed E-state index contributed by atoms with van der Waals surface area (Å²) in [6.07, 6.45) is 15.8. The number of ether oxygens (including phenoxy) is 2. The summed E-state index contributed by atoms with van der Waals surface area (Å²) in [6, 6.07) is 12.0. The topological polar surface area (TPSA) is 158 Å². The van der Waals surface area contributed by atoms with Crippen LogP contribution >= 0.6 is 0 Å². The summed E-state index contributed by atoms with van der Waals surface area (Å²) >= 11 is 0. The molecule has 4 aromatic rings. The lowest BCUT2D eigenvalue weighted by Gasteiger charge is -2.38. The van der Waals surface area contributed by atoms with E-state index in [1.165, 1.54) is 60.6 Å². The molecule has 336 valence electrons. The largest absolute Gasteiger partial charge is 0.483 e. The Labute approximate surface area is 372 Å². The molecule has 3 fully saturated rings. The first-order valence-electron chi connectivity index (χ1n) is 23.2. The molecule has 4 heterocycles. The highest BCUT2D eigenvalue weighted by Gasteiger charge is 2.44. The maximum Gasteiger partial charge on any atom is 0.407 e. The van der Waals surface area contributed by atoms with Crippen molar-refractivity contribution in [2.75, 3.05) is 27.3 Å². The summed E-state index contributed by atoms with van der Waals surface area (Å²) in [5.74, 6) is 1.87. The van der Waals surface area contributed by atoms with Crippen molar-refractivity contribution in [3.63, 3.8) is 0 Å². The van der Waals surface area contributed by atoms with E-state index in [-0.39, 0.29) is 41.1 Å². The van der Waals surface area contributed by atoms with Gasteiger partial charge in [0.1, 0.15) is 23.7 Å². The Kier molecular flexibility index (Phi) is 13.0. The van der Waals surface area contributed by atoms with Crippen LogP contribution in [0.4, 0.5) is 4.79 Å². The summed E-state index contributed by atoms with van der Waals surface area (Å²) in [5.41, 5.74) is 9.70. The first-order chi connectivity index (χ1) is 30.4. The van der Waals surface area contributed by atoms with Crippen LogP contribution < -0.4 is 10.6 Å². The van der Waals surface area contributed by atoms with Gasteiger partial charge in [-0.25, -0.2) is 14.8 Å². The second kappa shape index (κ2) is 18.6. The molecule has 8 rings (SSSR count). The number of hydrogen-bond donors (Lipinski definition) is 4. The number of aromatic nitrogens is 4. The van der Waals surface area contributed by atoms with E-state index in [0.29, 0.717) is 19.0 Å². The van der Waals surface area contributed by atoms with Crippen LogP contribution in [-0.2, 0) is 30.9 Å². The molecule has 1 spiro atoms. The van der Waals surface area contributed by atoms with Crippen molar-refractivity contribution in [3.8, 4) is 33.6 Å². The number of methoxy groups -OCH3 is 2. The van der Waals surface area contributed by atoms with Gasteiger partial charge in [-0.3, -0.25) is 9.59 Å². The Balaban J connectivity index is 1.05. The number of rotatable bonds is 13. The van der Waals surface area contributed by atoms with Crippen molar-refractivity contribution in [2.45, 2.75) is 134 Å². The number of likely N-dealkylation sites (tertiary alicyclic amines) is 2. The molecule has 2 aliphatic carbocycles. The van der Waals surface area contributed by atoms with Gasteiger partial charge in [0.25, 0.3) is 0 Å². The minimum atomic E-state index is -0.685. The zero-order valence-electron chi connectivity index (χ0n) is 38.0. The molecule has 0 unspecified atom stereocenters. The number of carbonyl (C=O) groups is 3. The number of imidazole rings is 2. The van der Waals surface area contributed by atoms with Crippen LogP contribution in [-0.4, -0.2) is 87.0 Å². The van der Waals surface area contributed by atoms with Crippen molar-refractivity contribution in [3.05, 3.63) is 84.0 Å². The van der Waals surface area contributed by atoms with Gasteiger partial charge in [-0.05, 0) is 116 Å². The lowest BCUT2D eigenvalue weighted by Crippen LogP contribution is -2.53. The third-order valence-corrected chi connectivity index (χ3v) is 14.3. The number of amides is 3. The SMILES string of the molecule is C=C(N[C@H](C(=O)N1CCCC[C@H]1c1ncc(-c2ccc(-c3ccc(-c4cnc([C@@H]5CCCCN5C(=O)[C@@H](NC(=O)OC)C(C)C)[nH]4)c4c3C3(CCCC3)CC4)cc2)[nH]1)C(C)C)OC. The second-order valence-electron chi connectivity index (χ2n) is 18.9. The maximum absolute atomic E-state index is 14.0. The summed E-state index contributed by atoms with van der Waals surface area (Å²) in [7, 11) is 2.87. The van der Waals surface area contributed by atoms with Gasteiger partial charge in [0, 0.05) is 18.7 Å². The van der Waals surface area contributed by atoms with E-state index in [1.54, 1.807) is 7.11 Å². The summed E-state index contributed by atoms with van der Waals surface area (Å²) in [6.45, 7) is 13.1. The fraction of sp³-hybridized carbons (Fsp3) is 0.540. The van der Waals surface area contributed by atoms with Gasteiger partial charge in [0.15, 0.2) is 5.88 Å². The Morgan fingerprint density at radius 1 is 0.698 bits per heavy atom. The molecule has 4 N–H and O–H groups in total. The van der Waals surface area contributed by atoms with Crippen molar-refractivity contribution in [2.24, 2.45) is 11.8 Å². The van der Waals surface area contributed by atoms with Crippen LogP contribution in [0.1, 0.15) is 133 Å². The zero-order valence-corrected chi connectivity index (χ0v) is 38.0. The molecule has 2 aromatic carbocycles. The summed E-state index contributed by atoms with van der Waals surface area (Å²) in [4.78, 5) is 61.1. The minimum absolute atomic E-state index is 0.0377. The number of benzene rings is 2. The van der Waals surface area contributed by atoms with Gasteiger partial charge in [-0.1, -0.05) is 76.9 Å². The standard InChI is InChI=1S/C50H66N8O5/c1-30(2)43(53-32(5)62-6)47(59)57-26-12-8-14-40(57)45-51-28-38(54-45)34-18-16-33(17-19-34)35-20-21-36(37-22-25-50(42(35)37)23-10-11-24-50)39-29-52-46(55-39)41-15-9-13-27-58(41)48(60)44(31(3)4)56-49(61)63-7/h16-21,28-31,40-41,43-44,53H,5,8-15,22-27H2,1-4,6-7H3,(H,51,54)(H,52,55)(H,56,61)/t40-,41-,43-,44-/m0/s1. The quantitative estimate of drug-likeness (QED) is 0.0971. The zero-order chi connectivity index (χ0) is 44.4. The Morgan fingerprint density at radius 2 is 1.24 bits per heavy atom. The molecule has 3 amide bonds. The monoisotopic (exact) mass is 859 g/mol. The van der Waals surface area contributed by atoms with E-state index in [9.17, 15) is 14.4 Å². The number of carbonyl (C=O) groups excluding carboxylic acids is 3. The van der Waals surface area contributed by atoms with Gasteiger partial charge in [-0.15, -0.1) is 0 Å². The number of nitrogens with one attached hydrogen (secondary N) is 4. The van der Waals surface area contributed by atoms with E-state index in [0.717, 1.165) is 80.0 Å². The molecule has 4 atom stereocenters. The van der Waals surface area contributed by atoms with Crippen molar-refractivity contribution >= 4 is 17.9 Å². The minimum Gasteiger partial charge on any atom is -0.483 e. The maximum atomic E-state index is 14.0. The fourth-order valence-corrected chi connectivity index (χ4v) is 10.9. The van der Waals surface area contributed by atoms with Gasteiger partial charge in [-0.2, -0.15) is 0 Å².